The monoisotopic (exact) mass is 421 g/mol. The zero-order valence-electron chi connectivity index (χ0n) is 16.3. The maximum Gasteiger partial charge on any atom is 0.339 e. The number of carbonyl (C=O) groups is 3. The van der Waals surface area contributed by atoms with Crippen molar-refractivity contribution in [2.75, 3.05) is 0 Å². The number of carbonyl (C=O) groups excluding carboxylic acids is 3. The second-order valence-electron chi connectivity index (χ2n) is 6.60. The van der Waals surface area contributed by atoms with Gasteiger partial charge in [-0.2, -0.15) is 0 Å². The van der Waals surface area contributed by atoms with Gasteiger partial charge < -0.3 is 10.1 Å². The third-order valence-electron chi connectivity index (χ3n) is 4.49. The molecular weight excluding hydrogens is 402 g/mol. The summed E-state index contributed by atoms with van der Waals surface area (Å²) < 4.78 is 5.31. The average molecular weight is 422 g/mol. The van der Waals surface area contributed by atoms with E-state index < -0.39 is 18.0 Å². The molecule has 0 aliphatic heterocycles. The van der Waals surface area contributed by atoms with Gasteiger partial charge in [-0.3, -0.25) is 9.59 Å². The molecule has 0 saturated carbocycles. The quantitative estimate of drug-likeness (QED) is 0.452. The fraction of sp³-hybridized carbons (Fsp3) is 0.125. The van der Waals surface area contributed by atoms with Gasteiger partial charge >= 0.3 is 5.97 Å². The van der Waals surface area contributed by atoms with Gasteiger partial charge in [0.1, 0.15) is 0 Å². The van der Waals surface area contributed by atoms with Crippen molar-refractivity contribution < 1.29 is 19.1 Å². The molecule has 0 spiro atoms. The van der Waals surface area contributed by atoms with E-state index in [1.807, 2.05) is 6.07 Å². The molecule has 0 bridgehead atoms. The van der Waals surface area contributed by atoms with Crippen molar-refractivity contribution in [2.24, 2.45) is 0 Å². The highest BCUT2D eigenvalue weighted by molar-refractivity contribution is 6.31. The number of rotatable bonds is 7. The van der Waals surface area contributed by atoms with Crippen LogP contribution in [0.4, 0.5) is 0 Å². The van der Waals surface area contributed by atoms with E-state index >= 15 is 0 Å². The maximum atomic E-state index is 12.8. The summed E-state index contributed by atoms with van der Waals surface area (Å²) in [6.07, 6.45) is -1.04. The van der Waals surface area contributed by atoms with Crippen LogP contribution < -0.4 is 5.32 Å². The Hall–Kier alpha value is -3.44. The lowest BCUT2D eigenvalue weighted by Crippen LogP contribution is -2.35. The highest BCUT2D eigenvalue weighted by Crippen LogP contribution is 2.17. The molecule has 3 aromatic carbocycles. The molecule has 1 atom stereocenters. The third kappa shape index (κ3) is 5.13. The van der Waals surface area contributed by atoms with Gasteiger partial charge in [-0.15, -0.1) is 0 Å². The minimum Gasteiger partial charge on any atom is -0.449 e. The first-order chi connectivity index (χ1) is 14.5. The van der Waals surface area contributed by atoms with Crippen LogP contribution in [-0.4, -0.2) is 23.8 Å². The second-order valence-corrected chi connectivity index (χ2v) is 7.00. The van der Waals surface area contributed by atoms with Crippen molar-refractivity contribution in [1.82, 2.24) is 5.32 Å². The van der Waals surface area contributed by atoms with Crippen LogP contribution in [0.15, 0.2) is 78.9 Å². The van der Waals surface area contributed by atoms with Crippen LogP contribution in [0, 0.1) is 0 Å². The lowest BCUT2D eigenvalue weighted by molar-refractivity contribution is -0.129. The van der Waals surface area contributed by atoms with Gasteiger partial charge in [0, 0.05) is 22.7 Å². The molecule has 152 valence electrons. The fourth-order valence-electron chi connectivity index (χ4n) is 2.85. The van der Waals surface area contributed by atoms with E-state index in [-0.39, 0.29) is 23.5 Å². The summed E-state index contributed by atoms with van der Waals surface area (Å²) in [5.74, 6) is -1.50. The van der Waals surface area contributed by atoms with Crippen molar-refractivity contribution in [1.29, 1.82) is 0 Å². The van der Waals surface area contributed by atoms with E-state index in [9.17, 15) is 14.4 Å². The van der Waals surface area contributed by atoms with Crippen molar-refractivity contribution in [2.45, 2.75) is 19.6 Å². The summed E-state index contributed by atoms with van der Waals surface area (Å²) in [6.45, 7) is 1.69. The largest absolute Gasteiger partial charge is 0.449 e. The molecule has 1 N–H and O–H groups in total. The molecule has 0 aromatic heterocycles. The van der Waals surface area contributed by atoms with Crippen LogP contribution >= 0.6 is 11.6 Å². The molecule has 0 aliphatic carbocycles. The molecule has 5 nitrogen and oxygen atoms in total. The summed E-state index contributed by atoms with van der Waals surface area (Å²) in [7, 11) is 0. The number of nitrogens with one attached hydrogen (secondary N) is 1. The van der Waals surface area contributed by atoms with Crippen LogP contribution in [0.25, 0.3) is 0 Å². The van der Waals surface area contributed by atoms with E-state index in [1.54, 1.807) is 66.7 Å². The summed E-state index contributed by atoms with van der Waals surface area (Å²) in [5.41, 5.74) is 1.54. The standard InChI is InChI=1S/C24H20ClNO4/c1-16(23(28)26-15-18-11-5-8-14-21(18)25)30-24(29)20-13-7-6-12-19(20)22(27)17-9-3-2-4-10-17/h2-14,16H,15H2,1H3,(H,26,28). The Morgan fingerprint density at radius 3 is 2.17 bits per heavy atom. The lowest BCUT2D eigenvalue weighted by Gasteiger charge is -2.15. The van der Waals surface area contributed by atoms with Crippen molar-refractivity contribution in [3.05, 3.63) is 106 Å². The molecule has 0 aliphatic rings. The maximum absolute atomic E-state index is 12.8. The summed E-state index contributed by atoms with van der Waals surface area (Å²) in [4.78, 5) is 37.8. The number of halogens is 1. The molecule has 6 heteroatoms. The molecule has 0 fully saturated rings. The minimum absolute atomic E-state index is 0.108. The van der Waals surface area contributed by atoms with Crippen molar-refractivity contribution in [3.8, 4) is 0 Å². The number of amides is 1. The number of ketones is 1. The number of esters is 1. The van der Waals surface area contributed by atoms with Gasteiger partial charge in [0.05, 0.1) is 5.56 Å². The van der Waals surface area contributed by atoms with E-state index in [4.69, 9.17) is 16.3 Å². The van der Waals surface area contributed by atoms with Gasteiger partial charge in [0.2, 0.25) is 0 Å². The topological polar surface area (TPSA) is 72.5 Å². The smallest absolute Gasteiger partial charge is 0.339 e. The van der Waals surface area contributed by atoms with Crippen LogP contribution in [0.3, 0.4) is 0 Å². The Morgan fingerprint density at radius 2 is 1.47 bits per heavy atom. The first kappa shape index (κ1) is 21.3. The predicted molar refractivity (Wildman–Crippen MR) is 114 cm³/mol. The molecule has 1 unspecified atom stereocenters. The average Bonchev–Trinajstić information content (AvgIpc) is 2.78. The third-order valence-corrected chi connectivity index (χ3v) is 4.86. The second kappa shape index (κ2) is 9.85. The highest BCUT2D eigenvalue weighted by atomic mass is 35.5. The zero-order valence-corrected chi connectivity index (χ0v) is 17.1. The molecule has 0 saturated heterocycles. The van der Waals surface area contributed by atoms with Crippen LogP contribution in [0.5, 0.6) is 0 Å². The Kier molecular flexibility index (Phi) is 6.99. The van der Waals surface area contributed by atoms with E-state index in [0.29, 0.717) is 10.6 Å². The molecule has 1 amide bonds. The Bertz CT molecular complexity index is 1070. The normalized spacial score (nSPS) is 11.4. The Balaban J connectivity index is 1.68. The number of hydrogen-bond acceptors (Lipinski definition) is 4. The Labute approximate surface area is 179 Å². The summed E-state index contributed by atoms with van der Waals surface area (Å²) in [6, 6.07) is 22.2. The zero-order chi connectivity index (χ0) is 21.5. The Morgan fingerprint density at radius 1 is 0.867 bits per heavy atom. The fourth-order valence-corrected chi connectivity index (χ4v) is 3.05. The van der Waals surface area contributed by atoms with E-state index in [0.717, 1.165) is 5.56 Å². The molecular formula is C24H20ClNO4. The SMILES string of the molecule is CC(OC(=O)c1ccccc1C(=O)c1ccccc1)C(=O)NCc1ccccc1Cl. The van der Waals surface area contributed by atoms with Crippen LogP contribution in [0.1, 0.15) is 38.8 Å². The van der Waals surface area contributed by atoms with Gasteiger partial charge in [0.25, 0.3) is 5.91 Å². The van der Waals surface area contributed by atoms with Gasteiger partial charge in [0.15, 0.2) is 11.9 Å². The van der Waals surface area contributed by atoms with Crippen LogP contribution in [-0.2, 0) is 16.1 Å². The summed E-state index contributed by atoms with van der Waals surface area (Å²) >= 11 is 6.08. The van der Waals surface area contributed by atoms with Gasteiger partial charge in [-0.05, 0) is 24.6 Å². The van der Waals surface area contributed by atoms with Gasteiger partial charge in [-0.1, -0.05) is 78.3 Å². The van der Waals surface area contributed by atoms with Crippen molar-refractivity contribution >= 4 is 29.3 Å². The first-order valence-corrected chi connectivity index (χ1v) is 9.76. The highest BCUT2D eigenvalue weighted by Gasteiger charge is 2.23. The molecule has 3 rings (SSSR count). The minimum atomic E-state index is -1.04. The first-order valence-electron chi connectivity index (χ1n) is 9.38. The van der Waals surface area contributed by atoms with E-state index in [2.05, 4.69) is 5.32 Å². The lowest BCUT2D eigenvalue weighted by atomic mass is 9.98. The van der Waals surface area contributed by atoms with E-state index in [1.165, 1.54) is 13.0 Å². The number of hydrogen-bond donors (Lipinski definition) is 1. The van der Waals surface area contributed by atoms with Gasteiger partial charge in [-0.25, -0.2) is 4.79 Å². The number of ether oxygens (including phenoxy) is 1. The molecule has 0 heterocycles. The number of benzene rings is 3. The molecule has 0 radical (unpaired) electrons. The summed E-state index contributed by atoms with van der Waals surface area (Å²) in [5, 5.41) is 3.23. The van der Waals surface area contributed by atoms with Crippen LogP contribution in [0.2, 0.25) is 5.02 Å². The molecule has 30 heavy (non-hydrogen) atoms. The van der Waals surface area contributed by atoms with Crippen molar-refractivity contribution in [3.63, 3.8) is 0 Å². The molecule has 3 aromatic rings. The predicted octanol–water partition coefficient (Wildman–Crippen LogP) is 4.43.